The van der Waals surface area contributed by atoms with Crippen LogP contribution < -0.4 is 10.6 Å². The highest BCUT2D eigenvalue weighted by atomic mass is 16.2. The largest absolute Gasteiger partial charge is 0.336 e. The van der Waals surface area contributed by atoms with Crippen molar-refractivity contribution in [2.24, 2.45) is 0 Å². The van der Waals surface area contributed by atoms with Crippen molar-refractivity contribution in [1.82, 2.24) is 15.2 Å². The molecule has 1 aliphatic carbocycles. The smallest absolute Gasteiger partial charge is 0.317 e. The Hall–Kier alpha value is -3.41. The summed E-state index contributed by atoms with van der Waals surface area (Å²) < 4.78 is 0. The zero-order chi connectivity index (χ0) is 22.0. The van der Waals surface area contributed by atoms with Gasteiger partial charge in [-0.2, -0.15) is 0 Å². The van der Waals surface area contributed by atoms with Crippen molar-refractivity contribution >= 4 is 23.2 Å². The number of allylic oxidation sites excluding steroid dienone is 2. The number of carbonyl (C=O) groups is 2. The number of amides is 3. The lowest BCUT2D eigenvalue weighted by molar-refractivity contribution is -0.114. The summed E-state index contributed by atoms with van der Waals surface area (Å²) in [5.74, 6) is -0.0881. The molecule has 2 heterocycles. The van der Waals surface area contributed by atoms with Crippen LogP contribution in [-0.4, -0.2) is 41.0 Å². The quantitative estimate of drug-likeness (QED) is 0.776. The molecule has 1 aliphatic heterocycles. The van der Waals surface area contributed by atoms with Gasteiger partial charge in [0.1, 0.15) is 0 Å². The molecular formula is C25H28N4O2. The fourth-order valence-electron chi connectivity index (χ4n) is 4.08. The maximum Gasteiger partial charge on any atom is 0.317 e. The van der Waals surface area contributed by atoms with Crippen molar-refractivity contribution in [3.05, 3.63) is 65.5 Å². The molecule has 6 heteroatoms. The Balaban J connectivity index is 1.55. The predicted octanol–water partition coefficient (Wildman–Crippen LogP) is 4.40. The van der Waals surface area contributed by atoms with E-state index in [0.717, 1.165) is 40.9 Å². The van der Waals surface area contributed by atoms with E-state index >= 15 is 0 Å². The zero-order valence-corrected chi connectivity index (χ0v) is 18.2. The van der Waals surface area contributed by atoms with Crippen LogP contribution in [0.4, 0.5) is 10.5 Å². The Bertz CT molecular complexity index is 1080. The van der Waals surface area contributed by atoms with Gasteiger partial charge in [0.05, 0.1) is 5.69 Å². The van der Waals surface area contributed by atoms with Crippen LogP contribution in [0.25, 0.3) is 16.7 Å². The predicted molar refractivity (Wildman–Crippen MR) is 124 cm³/mol. The number of hydrogen-bond acceptors (Lipinski definition) is 3. The number of nitrogens with zero attached hydrogens (tertiary/aromatic N) is 2. The molecule has 6 nitrogen and oxygen atoms in total. The normalized spacial score (nSPS) is 15.3. The summed E-state index contributed by atoms with van der Waals surface area (Å²) in [5, 5.41) is 5.80. The van der Waals surface area contributed by atoms with Gasteiger partial charge in [0.15, 0.2) is 0 Å². The van der Waals surface area contributed by atoms with Crippen molar-refractivity contribution in [1.29, 1.82) is 0 Å². The molecule has 1 aromatic carbocycles. The minimum Gasteiger partial charge on any atom is -0.336 e. The number of hydrogen-bond donors (Lipinski definition) is 2. The molecular weight excluding hydrogens is 388 g/mol. The lowest BCUT2D eigenvalue weighted by Gasteiger charge is -2.28. The number of fused-ring (bicyclic) bond motifs is 1. The molecule has 0 radical (unpaired) electrons. The third kappa shape index (κ3) is 4.68. The SMILES string of the molecule is CC(=O)Nc1cccc(-c2cnc3c(c2)C(C2=CCN(C(=O)NC(C)C)CC2)=CC3)c1. The van der Waals surface area contributed by atoms with E-state index in [9.17, 15) is 9.59 Å². The van der Waals surface area contributed by atoms with Crippen LogP contribution in [-0.2, 0) is 11.2 Å². The molecule has 0 saturated heterocycles. The van der Waals surface area contributed by atoms with Gasteiger partial charge in [0, 0.05) is 55.5 Å². The minimum absolute atomic E-state index is 0.00546. The van der Waals surface area contributed by atoms with Crippen molar-refractivity contribution in [2.75, 3.05) is 18.4 Å². The average Bonchev–Trinajstić information content (AvgIpc) is 3.16. The molecule has 2 aromatic rings. The molecule has 0 spiro atoms. The van der Waals surface area contributed by atoms with Crippen molar-refractivity contribution in [3.63, 3.8) is 0 Å². The number of urea groups is 1. The second-order valence-electron chi connectivity index (χ2n) is 8.33. The van der Waals surface area contributed by atoms with Gasteiger partial charge in [0.25, 0.3) is 0 Å². The maximum absolute atomic E-state index is 12.3. The summed E-state index contributed by atoms with van der Waals surface area (Å²) in [7, 11) is 0. The average molecular weight is 417 g/mol. The fourth-order valence-corrected chi connectivity index (χ4v) is 4.08. The monoisotopic (exact) mass is 416 g/mol. The van der Waals surface area contributed by atoms with Gasteiger partial charge in [0.2, 0.25) is 5.91 Å². The van der Waals surface area contributed by atoms with Gasteiger partial charge in [-0.25, -0.2) is 4.79 Å². The summed E-state index contributed by atoms with van der Waals surface area (Å²) in [6, 6.07) is 10.1. The molecule has 0 saturated carbocycles. The van der Waals surface area contributed by atoms with Gasteiger partial charge in [-0.1, -0.05) is 24.3 Å². The second kappa shape index (κ2) is 8.76. The van der Waals surface area contributed by atoms with Crippen LogP contribution in [0.1, 0.15) is 38.4 Å². The molecule has 31 heavy (non-hydrogen) atoms. The first-order valence-electron chi connectivity index (χ1n) is 10.7. The van der Waals surface area contributed by atoms with Crippen molar-refractivity contribution < 1.29 is 9.59 Å². The molecule has 4 rings (SSSR count). The minimum atomic E-state index is -0.0881. The standard InChI is InChI=1S/C25H28N4O2/c1-16(2)27-25(31)29-11-9-18(10-12-29)22-7-8-24-23(22)14-20(15-26-24)19-5-4-6-21(13-19)28-17(3)30/h4-7,9,13-16H,8,10-12H2,1-3H3,(H,27,31)(H,28,30). The first kappa shape index (κ1) is 20.8. The lowest BCUT2D eigenvalue weighted by Crippen LogP contribution is -2.44. The van der Waals surface area contributed by atoms with E-state index in [4.69, 9.17) is 4.98 Å². The van der Waals surface area contributed by atoms with Gasteiger partial charge in [-0.3, -0.25) is 9.78 Å². The molecule has 1 aromatic heterocycles. The Morgan fingerprint density at radius 3 is 2.68 bits per heavy atom. The molecule has 3 amide bonds. The fraction of sp³-hybridized carbons (Fsp3) is 0.320. The highest BCUT2D eigenvalue weighted by molar-refractivity contribution is 5.90. The first-order chi connectivity index (χ1) is 14.9. The van der Waals surface area contributed by atoms with Crippen LogP contribution in [0.3, 0.4) is 0 Å². The van der Waals surface area contributed by atoms with Crippen molar-refractivity contribution in [3.8, 4) is 11.1 Å². The van der Waals surface area contributed by atoms with E-state index in [1.54, 1.807) is 0 Å². The molecule has 0 unspecified atom stereocenters. The number of benzene rings is 1. The first-order valence-corrected chi connectivity index (χ1v) is 10.7. The topological polar surface area (TPSA) is 74.3 Å². The number of aromatic nitrogens is 1. The summed E-state index contributed by atoms with van der Waals surface area (Å²) in [5.41, 5.74) is 7.56. The van der Waals surface area contributed by atoms with Crippen LogP contribution >= 0.6 is 0 Å². The van der Waals surface area contributed by atoms with Crippen LogP contribution in [0, 0.1) is 0 Å². The Kier molecular flexibility index (Phi) is 5.89. The number of pyridine rings is 1. The summed E-state index contributed by atoms with van der Waals surface area (Å²) in [6.07, 6.45) is 7.96. The van der Waals surface area contributed by atoms with E-state index in [0.29, 0.717) is 13.1 Å². The Morgan fingerprint density at radius 2 is 1.97 bits per heavy atom. The Morgan fingerprint density at radius 1 is 1.13 bits per heavy atom. The third-order valence-electron chi connectivity index (χ3n) is 5.53. The van der Waals surface area contributed by atoms with E-state index in [-0.39, 0.29) is 18.0 Å². The zero-order valence-electron chi connectivity index (χ0n) is 18.2. The lowest BCUT2D eigenvalue weighted by atomic mass is 9.94. The summed E-state index contributed by atoms with van der Waals surface area (Å²) in [4.78, 5) is 30.2. The van der Waals surface area contributed by atoms with Crippen LogP contribution in [0.5, 0.6) is 0 Å². The maximum atomic E-state index is 12.3. The number of nitrogens with one attached hydrogen (secondary N) is 2. The Labute approximate surface area is 183 Å². The van der Waals surface area contributed by atoms with Gasteiger partial charge in [-0.15, -0.1) is 0 Å². The molecule has 2 N–H and O–H groups in total. The van der Waals surface area contributed by atoms with Gasteiger partial charge < -0.3 is 15.5 Å². The van der Waals surface area contributed by atoms with Crippen molar-refractivity contribution in [2.45, 2.75) is 39.7 Å². The van der Waals surface area contributed by atoms with E-state index in [1.165, 1.54) is 18.1 Å². The second-order valence-corrected chi connectivity index (χ2v) is 8.33. The molecule has 2 aliphatic rings. The summed E-state index contributed by atoms with van der Waals surface area (Å²) in [6.45, 7) is 6.78. The van der Waals surface area contributed by atoms with E-state index in [1.807, 2.05) is 49.2 Å². The van der Waals surface area contributed by atoms with Gasteiger partial charge in [-0.05, 0) is 55.2 Å². The highest BCUT2D eigenvalue weighted by Crippen LogP contribution is 2.37. The number of carbonyl (C=O) groups excluding carboxylic acids is 2. The summed E-state index contributed by atoms with van der Waals surface area (Å²) >= 11 is 0. The molecule has 0 bridgehead atoms. The van der Waals surface area contributed by atoms with Crippen LogP contribution in [0.15, 0.2) is 54.3 Å². The molecule has 0 fully saturated rings. The van der Waals surface area contributed by atoms with Crippen LogP contribution in [0.2, 0.25) is 0 Å². The third-order valence-corrected chi connectivity index (χ3v) is 5.53. The van der Waals surface area contributed by atoms with E-state index < -0.39 is 0 Å². The highest BCUT2D eigenvalue weighted by Gasteiger charge is 2.24. The number of rotatable bonds is 4. The van der Waals surface area contributed by atoms with E-state index in [2.05, 4.69) is 28.9 Å². The molecule has 0 atom stereocenters. The number of anilines is 1. The molecule has 160 valence electrons. The van der Waals surface area contributed by atoms with Gasteiger partial charge >= 0.3 is 6.03 Å².